The second kappa shape index (κ2) is 6.82. The van der Waals surface area contributed by atoms with Crippen LogP contribution in [0.1, 0.15) is 18.8 Å². The zero-order valence-corrected chi connectivity index (χ0v) is 15.7. The fourth-order valence-corrected chi connectivity index (χ4v) is 4.79. The zero-order chi connectivity index (χ0) is 19.1. The Kier molecular flexibility index (Phi) is 4.86. The molecule has 0 amide bonds. The van der Waals surface area contributed by atoms with Crippen molar-refractivity contribution in [1.82, 2.24) is 28.3 Å². The van der Waals surface area contributed by atoms with Gasteiger partial charge < -0.3 is 9.55 Å². The Morgan fingerprint density at radius 3 is 2.62 bits per heavy atom. The number of hydrogen-bond acceptors (Lipinski definition) is 6. The number of nitrogens with one attached hydrogen (secondary N) is 1. The van der Waals surface area contributed by atoms with E-state index in [0.717, 1.165) is 21.9 Å². The molecule has 1 fully saturated rings. The van der Waals surface area contributed by atoms with Crippen LogP contribution in [0, 0.1) is 0 Å². The van der Waals surface area contributed by atoms with Gasteiger partial charge in [-0.3, -0.25) is 14.3 Å². The van der Waals surface area contributed by atoms with E-state index in [1.54, 1.807) is 12.4 Å². The lowest BCUT2D eigenvalue weighted by Crippen LogP contribution is -2.52. The molecule has 11 heteroatoms. The molecule has 3 heterocycles. The molecule has 2 aromatic rings. The highest BCUT2D eigenvalue weighted by Gasteiger charge is 2.37. The monoisotopic (exact) mass is 382 g/mol. The van der Waals surface area contributed by atoms with Crippen molar-refractivity contribution in [1.29, 1.82) is 0 Å². The van der Waals surface area contributed by atoms with E-state index in [2.05, 4.69) is 14.9 Å². The van der Waals surface area contributed by atoms with E-state index < -0.39 is 26.2 Å². The van der Waals surface area contributed by atoms with Gasteiger partial charge in [0.15, 0.2) is 4.90 Å². The number of likely N-dealkylation sites (N-methyl/N-ethyl adjacent to an activating group) is 1. The number of aromatic nitrogens is 4. The highest BCUT2D eigenvalue weighted by Crippen LogP contribution is 2.25. The predicted molar refractivity (Wildman–Crippen MR) is 94.3 cm³/mol. The molecular formula is C15H22N6O4S. The van der Waals surface area contributed by atoms with Gasteiger partial charge in [-0.1, -0.05) is 6.92 Å². The molecule has 26 heavy (non-hydrogen) atoms. The van der Waals surface area contributed by atoms with Crippen molar-refractivity contribution in [2.24, 2.45) is 14.1 Å². The number of imidazole rings is 1. The van der Waals surface area contributed by atoms with Gasteiger partial charge >= 0.3 is 5.69 Å². The van der Waals surface area contributed by atoms with Gasteiger partial charge in [-0.05, 0) is 6.54 Å². The summed E-state index contributed by atoms with van der Waals surface area (Å²) < 4.78 is 29.4. The molecule has 0 spiro atoms. The number of H-pyrrole nitrogens is 1. The Morgan fingerprint density at radius 1 is 1.27 bits per heavy atom. The third kappa shape index (κ3) is 3.02. The number of rotatable bonds is 4. The van der Waals surface area contributed by atoms with Crippen LogP contribution in [0.25, 0.3) is 0 Å². The minimum absolute atomic E-state index is 0.176. The topological polar surface area (TPSA) is 113 Å². The maximum absolute atomic E-state index is 13.1. The van der Waals surface area contributed by atoms with Crippen LogP contribution in [0.4, 0.5) is 0 Å². The smallest absolute Gasteiger partial charge is 0.330 e. The van der Waals surface area contributed by atoms with Gasteiger partial charge in [-0.25, -0.2) is 18.2 Å². The summed E-state index contributed by atoms with van der Waals surface area (Å²) in [5, 5.41) is 0. The van der Waals surface area contributed by atoms with Crippen molar-refractivity contribution in [3.63, 3.8) is 0 Å². The molecule has 0 radical (unpaired) electrons. The van der Waals surface area contributed by atoms with Crippen molar-refractivity contribution < 1.29 is 8.42 Å². The number of piperazine rings is 1. The van der Waals surface area contributed by atoms with E-state index in [9.17, 15) is 18.0 Å². The van der Waals surface area contributed by atoms with Crippen molar-refractivity contribution in [3.8, 4) is 0 Å². The van der Waals surface area contributed by atoms with Gasteiger partial charge in [0.05, 0.1) is 6.04 Å². The fraction of sp³-hybridized carbons (Fsp3) is 0.533. The summed E-state index contributed by atoms with van der Waals surface area (Å²) in [6.07, 6.45) is 4.41. The van der Waals surface area contributed by atoms with E-state index in [4.69, 9.17) is 0 Å². The first-order valence-corrected chi connectivity index (χ1v) is 9.71. The average Bonchev–Trinajstić information content (AvgIpc) is 3.16. The van der Waals surface area contributed by atoms with E-state index >= 15 is 0 Å². The molecule has 0 aromatic carbocycles. The lowest BCUT2D eigenvalue weighted by atomic mass is 10.2. The quantitative estimate of drug-likeness (QED) is 0.716. The SMILES string of the molecule is CCN1CCN(S(=O)(=O)c2cn(C)c(=O)n(C)c2=O)C[C@@H]1c1ncc[nH]1. The number of aromatic amines is 1. The molecule has 2 aromatic heterocycles. The van der Waals surface area contributed by atoms with Gasteiger partial charge in [0.25, 0.3) is 5.56 Å². The molecule has 1 atom stereocenters. The summed E-state index contributed by atoms with van der Waals surface area (Å²) in [4.78, 5) is 33.2. The minimum atomic E-state index is -4.04. The fourth-order valence-electron chi connectivity index (χ4n) is 3.20. The summed E-state index contributed by atoms with van der Waals surface area (Å²) in [7, 11) is -1.35. The lowest BCUT2D eigenvalue weighted by molar-refractivity contribution is 0.119. The van der Waals surface area contributed by atoms with Gasteiger partial charge in [0.2, 0.25) is 10.0 Å². The van der Waals surface area contributed by atoms with E-state index in [0.29, 0.717) is 12.4 Å². The van der Waals surface area contributed by atoms with Crippen molar-refractivity contribution in [3.05, 3.63) is 45.3 Å². The molecule has 3 rings (SSSR count). The van der Waals surface area contributed by atoms with Crippen molar-refractivity contribution >= 4 is 10.0 Å². The van der Waals surface area contributed by atoms with Gasteiger partial charge in [0.1, 0.15) is 5.82 Å². The van der Waals surface area contributed by atoms with Crippen LogP contribution in [0.2, 0.25) is 0 Å². The number of nitrogens with zero attached hydrogens (tertiary/aromatic N) is 5. The third-order valence-electron chi connectivity index (χ3n) is 4.73. The number of sulfonamides is 1. The first-order chi connectivity index (χ1) is 12.3. The standard InChI is InChI=1S/C15H22N6O4S/c1-4-20-7-8-21(9-11(20)13-16-5-6-17-13)26(24,25)12-10-18(2)15(23)19(3)14(12)22/h5-6,10-11H,4,7-9H2,1-3H3,(H,16,17)/t11-/m1/s1. The normalized spacial score (nSPS) is 19.7. The minimum Gasteiger partial charge on any atom is -0.347 e. The maximum Gasteiger partial charge on any atom is 0.330 e. The molecule has 142 valence electrons. The summed E-state index contributed by atoms with van der Waals surface area (Å²) in [5.74, 6) is 0.681. The van der Waals surface area contributed by atoms with Crippen LogP contribution in [0.3, 0.4) is 0 Å². The first-order valence-electron chi connectivity index (χ1n) is 8.27. The van der Waals surface area contributed by atoms with Crippen LogP contribution in [0.5, 0.6) is 0 Å². The lowest BCUT2D eigenvalue weighted by Gasteiger charge is -2.39. The molecule has 10 nitrogen and oxygen atoms in total. The van der Waals surface area contributed by atoms with Gasteiger partial charge in [-0.2, -0.15) is 4.31 Å². The molecule has 1 saturated heterocycles. The van der Waals surface area contributed by atoms with Crippen LogP contribution in [0.15, 0.2) is 33.1 Å². The maximum atomic E-state index is 13.1. The number of hydrogen-bond donors (Lipinski definition) is 1. The molecule has 0 unspecified atom stereocenters. The van der Waals surface area contributed by atoms with E-state index in [-0.39, 0.29) is 19.1 Å². The van der Waals surface area contributed by atoms with Crippen LogP contribution in [-0.4, -0.2) is 62.9 Å². The van der Waals surface area contributed by atoms with Crippen LogP contribution >= 0.6 is 0 Å². The Morgan fingerprint density at radius 2 is 2.00 bits per heavy atom. The largest absolute Gasteiger partial charge is 0.347 e. The highest BCUT2D eigenvalue weighted by molar-refractivity contribution is 7.89. The van der Waals surface area contributed by atoms with Gasteiger partial charge in [0, 0.05) is 52.3 Å². The van der Waals surface area contributed by atoms with Crippen LogP contribution < -0.4 is 11.2 Å². The first kappa shape index (κ1) is 18.5. The van der Waals surface area contributed by atoms with Crippen molar-refractivity contribution in [2.75, 3.05) is 26.2 Å². The van der Waals surface area contributed by atoms with Crippen LogP contribution in [-0.2, 0) is 24.1 Å². The average molecular weight is 382 g/mol. The molecule has 1 aliphatic rings. The Balaban J connectivity index is 2.01. The molecule has 0 bridgehead atoms. The summed E-state index contributed by atoms with van der Waals surface area (Å²) >= 11 is 0. The summed E-state index contributed by atoms with van der Waals surface area (Å²) in [5.41, 5.74) is -1.39. The third-order valence-corrected chi connectivity index (χ3v) is 6.58. The molecule has 1 N–H and O–H groups in total. The molecule has 1 aliphatic heterocycles. The Labute approximate surface area is 150 Å². The Bertz CT molecular complexity index is 1010. The zero-order valence-electron chi connectivity index (χ0n) is 14.9. The second-order valence-corrected chi connectivity index (χ2v) is 8.14. The van der Waals surface area contributed by atoms with E-state index in [1.807, 2.05) is 6.92 Å². The molecule has 0 saturated carbocycles. The van der Waals surface area contributed by atoms with Gasteiger partial charge in [-0.15, -0.1) is 0 Å². The second-order valence-electron chi connectivity index (χ2n) is 6.23. The van der Waals surface area contributed by atoms with E-state index in [1.165, 1.54) is 18.4 Å². The highest BCUT2D eigenvalue weighted by atomic mass is 32.2. The summed E-state index contributed by atoms with van der Waals surface area (Å²) in [6, 6.07) is -0.227. The summed E-state index contributed by atoms with van der Waals surface area (Å²) in [6.45, 7) is 3.71. The molecule has 0 aliphatic carbocycles. The Hall–Kier alpha value is -2.24. The van der Waals surface area contributed by atoms with Crippen molar-refractivity contribution in [2.45, 2.75) is 17.9 Å². The molecular weight excluding hydrogens is 360 g/mol. The predicted octanol–water partition coefficient (Wildman–Crippen LogP) is -1.13. The number of aryl methyl sites for hydroxylation is 1.